The summed E-state index contributed by atoms with van der Waals surface area (Å²) in [6.45, 7) is 26.9. The molecule has 0 spiro atoms. The second-order valence-corrected chi connectivity index (χ2v) is 25.4. The molecule has 3 aliphatic rings. The molecule has 12 nitrogen and oxygen atoms in total. The van der Waals surface area contributed by atoms with Gasteiger partial charge in [0, 0.05) is 76.0 Å². The van der Waals surface area contributed by atoms with Gasteiger partial charge in [-0.05, 0) is 73.8 Å². The molecule has 2 aromatic heterocycles. The molecule has 2 aromatic carbocycles. The number of halogens is 2. The zero-order valence-electron chi connectivity index (χ0n) is 39.6. The first kappa shape index (κ1) is 47.3. The van der Waals surface area contributed by atoms with Crippen LogP contribution >= 0.6 is 0 Å². The van der Waals surface area contributed by atoms with Crippen LogP contribution in [0.3, 0.4) is 0 Å². The van der Waals surface area contributed by atoms with Gasteiger partial charge in [-0.15, -0.1) is 5.54 Å². The SMILES string of the molecule is COCOc1cc(-c2ncc3c(N4CC5CCC(C4)N5C(=O)OC(C)(C)C)nc(OCC(C)CN4CCNCC4)nc3c2F)c2c(C#C[Si](C(C)C)(C(C)C)C(C)C)c(F)ccc2c1. The van der Waals surface area contributed by atoms with Crippen LogP contribution in [0.5, 0.6) is 11.8 Å². The number of nitrogens with one attached hydrogen (secondary N) is 1. The van der Waals surface area contributed by atoms with E-state index >= 15 is 8.78 Å². The summed E-state index contributed by atoms with van der Waals surface area (Å²) in [4.78, 5) is 34.3. The van der Waals surface area contributed by atoms with Gasteiger partial charge in [0.05, 0.1) is 29.6 Å². The van der Waals surface area contributed by atoms with Crippen molar-refractivity contribution in [3.05, 3.63) is 47.7 Å². The maximum Gasteiger partial charge on any atom is 0.410 e. The zero-order chi connectivity index (χ0) is 46.1. The molecule has 3 unspecified atom stereocenters. The highest BCUT2D eigenvalue weighted by Crippen LogP contribution is 2.43. The first-order chi connectivity index (χ1) is 30.4. The van der Waals surface area contributed by atoms with Gasteiger partial charge in [-0.1, -0.05) is 60.5 Å². The van der Waals surface area contributed by atoms with Crippen molar-refractivity contribution in [2.75, 3.05) is 71.2 Å². The molecule has 0 aliphatic carbocycles. The molecule has 15 heteroatoms. The van der Waals surface area contributed by atoms with Crippen molar-refractivity contribution in [3.8, 4) is 34.5 Å². The maximum atomic E-state index is 17.8. The van der Waals surface area contributed by atoms with Gasteiger partial charge in [0.2, 0.25) is 0 Å². The van der Waals surface area contributed by atoms with E-state index in [1.807, 2.05) is 25.7 Å². The molecule has 3 atom stereocenters. The highest BCUT2D eigenvalue weighted by molar-refractivity contribution is 6.90. The zero-order valence-corrected chi connectivity index (χ0v) is 40.6. The Morgan fingerprint density at radius 1 is 0.953 bits per heavy atom. The average molecular weight is 900 g/mol. The third kappa shape index (κ3) is 9.81. The van der Waals surface area contributed by atoms with E-state index in [9.17, 15) is 4.79 Å². The van der Waals surface area contributed by atoms with Crippen LogP contribution in [-0.2, 0) is 9.47 Å². The van der Waals surface area contributed by atoms with E-state index in [2.05, 4.69) is 75.0 Å². The van der Waals surface area contributed by atoms with Crippen LogP contribution in [0.1, 0.15) is 87.6 Å². The number of aromatic nitrogens is 3. The van der Waals surface area contributed by atoms with Crippen LogP contribution in [0.15, 0.2) is 30.5 Å². The summed E-state index contributed by atoms with van der Waals surface area (Å²) in [7, 11) is -0.783. The fraction of sp³-hybridized carbons (Fsp3) is 0.592. The Kier molecular flexibility index (Phi) is 14.4. The maximum absolute atomic E-state index is 17.8. The van der Waals surface area contributed by atoms with Gasteiger partial charge in [0.15, 0.2) is 12.6 Å². The lowest BCUT2D eigenvalue weighted by Crippen LogP contribution is -2.57. The largest absolute Gasteiger partial charge is 0.468 e. The molecule has 7 rings (SSSR count). The molecule has 3 fully saturated rings. The molecule has 0 radical (unpaired) electrons. The fourth-order valence-corrected chi connectivity index (χ4v) is 15.6. The number of carbonyl (C=O) groups excluding carboxylic acids is 1. The van der Waals surface area contributed by atoms with Crippen molar-refractivity contribution in [2.24, 2.45) is 5.92 Å². The van der Waals surface area contributed by atoms with Crippen LogP contribution in [0, 0.1) is 29.0 Å². The molecule has 1 amide bonds. The third-order valence-electron chi connectivity index (χ3n) is 13.2. The fourth-order valence-electron chi connectivity index (χ4n) is 10.3. The van der Waals surface area contributed by atoms with Crippen LogP contribution < -0.4 is 19.7 Å². The van der Waals surface area contributed by atoms with Crippen LogP contribution in [-0.4, -0.2) is 123 Å². The number of methoxy groups -OCH3 is 1. The molecule has 3 saturated heterocycles. The Hall–Kier alpha value is -4.62. The van der Waals surface area contributed by atoms with Gasteiger partial charge in [-0.2, -0.15) is 9.97 Å². The Bertz CT molecular complexity index is 2360. The van der Waals surface area contributed by atoms with Crippen molar-refractivity contribution >= 4 is 41.7 Å². The lowest BCUT2D eigenvalue weighted by Gasteiger charge is -2.42. The minimum Gasteiger partial charge on any atom is -0.468 e. The molecule has 1 N–H and O–H groups in total. The van der Waals surface area contributed by atoms with Crippen molar-refractivity contribution in [2.45, 2.75) is 116 Å². The van der Waals surface area contributed by atoms with Crippen molar-refractivity contribution in [3.63, 3.8) is 0 Å². The van der Waals surface area contributed by atoms with Crippen LogP contribution in [0.25, 0.3) is 32.9 Å². The topological polar surface area (TPSA) is 114 Å². The van der Waals surface area contributed by atoms with E-state index in [4.69, 9.17) is 33.9 Å². The second-order valence-electron chi connectivity index (χ2n) is 19.8. The Morgan fingerprint density at radius 3 is 2.25 bits per heavy atom. The quantitative estimate of drug-likeness (QED) is 0.0788. The van der Waals surface area contributed by atoms with E-state index in [1.165, 1.54) is 13.2 Å². The number of pyridine rings is 1. The highest BCUT2D eigenvalue weighted by atomic mass is 28.3. The lowest BCUT2D eigenvalue weighted by atomic mass is 9.95. The van der Waals surface area contributed by atoms with Crippen molar-refractivity contribution in [1.29, 1.82) is 0 Å². The number of amides is 1. The first-order valence-electron chi connectivity index (χ1n) is 23.0. The molecule has 64 heavy (non-hydrogen) atoms. The van der Waals surface area contributed by atoms with Gasteiger partial charge < -0.3 is 34.1 Å². The number of anilines is 1. The minimum atomic E-state index is -2.31. The van der Waals surface area contributed by atoms with Crippen LogP contribution in [0.4, 0.5) is 19.4 Å². The molecule has 2 bridgehead atoms. The Labute approximate surface area is 378 Å². The molecule has 3 aliphatic heterocycles. The summed E-state index contributed by atoms with van der Waals surface area (Å²) in [6.07, 6.45) is 2.87. The van der Waals surface area contributed by atoms with Crippen molar-refractivity contribution < 1.29 is 32.5 Å². The Morgan fingerprint density at radius 2 is 1.62 bits per heavy atom. The average Bonchev–Trinajstić information content (AvgIpc) is 3.51. The number of fused-ring (bicyclic) bond motifs is 4. The lowest BCUT2D eigenvalue weighted by molar-refractivity contribution is 0.0122. The standard InChI is InChI=1S/C49H67F2N7O5Si/c1-30(2)64(31(3)4,32(5)6)21-16-38-41(50)15-12-34-22-37(62-29-60-11)23-39(42(34)38)44-43(51)45-40(24-53-44)46(55-47(54-45)61-28-33(7)25-56-19-17-52-18-20-56)57-26-35-13-14-36(27-57)58(35)48(59)63-49(8,9)10/h12,15,22-24,30-33,35-36,52H,13-14,17-20,25-29H2,1-11H3. The van der Waals surface area contributed by atoms with E-state index in [1.54, 1.807) is 24.4 Å². The van der Waals surface area contributed by atoms with Crippen molar-refractivity contribution in [1.82, 2.24) is 30.1 Å². The van der Waals surface area contributed by atoms with E-state index < -0.39 is 25.3 Å². The monoisotopic (exact) mass is 899 g/mol. The number of piperazine rings is 2. The summed E-state index contributed by atoms with van der Waals surface area (Å²) < 4.78 is 57.5. The number of carbonyl (C=O) groups is 1. The van der Waals surface area contributed by atoms with Gasteiger partial charge in [0.25, 0.3) is 0 Å². The van der Waals surface area contributed by atoms with E-state index in [0.29, 0.717) is 69.6 Å². The number of rotatable bonds is 13. The number of nitrogens with zero attached hydrogens (tertiary/aromatic N) is 6. The highest BCUT2D eigenvalue weighted by Gasteiger charge is 2.45. The minimum absolute atomic E-state index is 0.0212. The van der Waals surface area contributed by atoms with E-state index in [0.717, 1.165) is 45.6 Å². The normalized spacial score (nSPS) is 18.9. The molecule has 346 valence electrons. The van der Waals surface area contributed by atoms with Gasteiger partial charge >= 0.3 is 12.1 Å². The number of benzene rings is 2. The van der Waals surface area contributed by atoms with Gasteiger partial charge in [-0.3, -0.25) is 9.88 Å². The summed E-state index contributed by atoms with van der Waals surface area (Å²) >= 11 is 0. The number of hydrogen-bond acceptors (Lipinski definition) is 11. The van der Waals surface area contributed by atoms with Gasteiger partial charge in [-0.25, -0.2) is 13.6 Å². The second kappa shape index (κ2) is 19.5. The molecule has 4 aromatic rings. The molecular formula is C49H67F2N7O5Si. The predicted octanol–water partition coefficient (Wildman–Crippen LogP) is 9.18. The molecule has 5 heterocycles. The third-order valence-corrected chi connectivity index (χ3v) is 19.5. The summed E-state index contributed by atoms with van der Waals surface area (Å²) in [5, 5.41) is 4.85. The Balaban J connectivity index is 1.37. The predicted molar refractivity (Wildman–Crippen MR) is 252 cm³/mol. The van der Waals surface area contributed by atoms with E-state index in [-0.39, 0.29) is 53.7 Å². The number of hydrogen-bond donors (Lipinski definition) is 1. The summed E-state index contributed by atoms with van der Waals surface area (Å²) in [5.74, 6) is 3.16. The van der Waals surface area contributed by atoms with Gasteiger partial charge in [0.1, 0.15) is 42.3 Å². The number of ether oxygens (including phenoxy) is 4. The summed E-state index contributed by atoms with van der Waals surface area (Å²) in [6, 6.07) is 6.33. The first-order valence-corrected chi connectivity index (χ1v) is 25.2. The van der Waals surface area contributed by atoms with Crippen LogP contribution in [0.2, 0.25) is 16.6 Å². The summed E-state index contributed by atoms with van der Waals surface area (Å²) in [5.41, 5.74) is 4.50. The smallest absolute Gasteiger partial charge is 0.410 e. The molecule has 0 saturated carbocycles. The molecular weight excluding hydrogens is 833 g/mol.